The van der Waals surface area contributed by atoms with Crippen molar-refractivity contribution >= 4 is 28.7 Å². The van der Waals surface area contributed by atoms with Gasteiger partial charge in [-0.2, -0.15) is 13.2 Å². The topological polar surface area (TPSA) is 94.3 Å². The summed E-state index contributed by atoms with van der Waals surface area (Å²) in [7, 11) is 0. The normalized spacial score (nSPS) is 18.8. The largest absolute Gasteiger partial charge is 0.440 e. The summed E-state index contributed by atoms with van der Waals surface area (Å²) in [4.78, 5) is 40.7. The van der Waals surface area contributed by atoms with Gasteiger partial charge < -0.3 is 10.3 Å². The van der Waals surface area contributed by atoms with Gasteiger partial charge in [0.2, 0.25) is 0 Å². The first kappa shape index (κ1) is 21.3. The lowest BCUT2D eigenvalue weighted by molar-refractivity contribution is -0.200. The maximum absolute atomic E-state index is 13.9. The molecule has 1 aromatic heterocycles. The van der Waals surface area contributed by atoms with Gasteiger partial charge in [-0.05, 0) is 42.3 Å². The number of aromatic amines is 1. The second kappa shape index (κ2) is 7.66. The van der Waals surface area contributed by atoms with Crippen LogP contribution in [-0.2, 0) is 11.2 Å². The fourth-order valence-electron chi connectivity index (χ4n) is 3.55. The molecule has 0 unspecified atom stereocenters. The van der Waals surface area contributed by atoms with E-state index >= 15 is 0 Å². The van der Waals surface area contributed by atoms with Crippen LogP contribution in [0.5, 0.6) is 0 Å². The van der Waals surface area contributed by atoms with Gasteiger partial charge in [0, 0.05) is 29.2 Å². The number of carbonyl (C=O) groups excluding carboxylic acids is 3. The average Bonchev–Trinajstić information content (AvgIpc) is 3.25. The maximum Gasteiger partial charge on any atom is 0.440 e. The van der Waals surface area contributed by atoms with Crippen LogP contribution in [0.15, 0.2) is 54.7 Å². The van der Waals surface area contributed by atoms with Crippen molar-refractivity contribution < 1.29 is 31.9 Å². The monoisotopic (exact) mass is 448 g/mol. The number of hydrogen-bond donors (Lipinski definition) is 3. The van der Waals surface area contributed by atoms with Crippen LogP contribution in [0.25, 0.3) is 10.9 Å². The molecule has 2 heterocycles. The Morgan fingerprint density at radius 3 is 2.50 bits per heavy atom. The number of urea groups is 1. The highest BCUT2D eigenvalue weighted by Crippen LogP contribution is 2.34. The van der Waals surface area contributed by atoms with Gasteiger partial charge in [-0.25, -0.2) is 9.18 Å². The van der Waals surface area contributed by atoms with Gasteiger partial charge >= 0.3 is 12.2 Å². The van der Waals surface area contributed by atoms with Gasteiger partial charge in [0.15, 0.2) is 0 Å². The summed E-state index contributed by atoms with van der Waals surface area (Å²) in [5, 5.41) is 3.73. The van der Waals surface area contributed by atoms with Gasteiger partial charge in [-0.15, -0.1) is 0 Å². The van der Waals surface area contributed by atoms with Crippen LogP contribution in [0.1, 0.15) is 15.9 Å². The second-order valence-electron chi connectivity index (χ2n) is 7.21. The highest BCUT2D eigenvalue weighted by Gasteiger charge is 2.68. The van der Waals surface area contributed by atoms with Gasteiger partial charge in [0.25, 0.3) is 17.5 Å². The number of H-pyrrole nitrogens is 1. The number of nitrogens with one attached hydrogen (secondary N) is 3. The molecular weight excluding hydrogens is 432 g/mol. The lowest BCUT2D eigenvalue weighted by Gasteiger charge is -2.29. The molecule has 1 atom stereocenters. The van der Waals surface area contributed by atoms with E-state index in [4.69, 9.17) is 0 Å². The number of imide groups is 1. The van der Waals surface area contributed by atoms with Crippen LogP contribution in [0, 0.1) is 5.82 Å². The molecule has 11 heteroatoms. The molecule has 0 radical (unpaired) electrons. The number of rotatable bonds is 5. The summed E-state index contributed by atoms with van der Waals surface area (Å²) < 4.78 is 55.3. The third-order valence-electron chi connectivity index (χ3n) is 5.20. The fourth-order valence-corrected chi connectivity index (χ4v) is 3.55. The maximum atomic E-state index is 13.9. The first-order valence-electron chi connectivity index (χ1n) is 9.46. The predicted molar refractivity (Wildman–Crippen MR) is 105 cm³/mol. The Kier molecular flexibility index (Phi) is 5.11. The molecule has 4 amide bonds. The first-order chi connectivity index (χ1) is 15.1. The summed E-state index contributed by atoms with van der Waals surface area (Å²) in [6.07, 6.45) is -3.80. The number of amides is 4. The van der Waals surface area contributed by atoms with Crippen molar-refractivity contribution in [3.63, 3.8) is 0 Å². The molecule has 4 rings (SSSR count). The van der Waals surface area contributed by atoms with Gasteiger partial charge in [0.1, 0.15) is 5.82 Å². The molecule has 0 bridgehead atoms. The summed E-state index contributed by atoms with van der Waals surface area (Å²) >= 11 is 0. The van der Waals surface area contributed by atoms with Crippen molar-refractivity contribution in [3.8, 4) is 0 Å². The number of aromatic nitrogens is 1. The standard InChI is InChI=1S/C21H16F4N4O3/c22-14-6-7-16-15(10-14)13(11-26-16)8-9-29-18(31)20(21(23,24)25,28-19(29)32)27-17(30)12-4-2-1-3-5-12/h1-7,10-11,26H,8-9H2,(H,27,30)(H,28,32)/t20-/m0/s1. The van der Waals surface area contributed by atoms with E-state index in [1.807, 2.05) is 0 Å². The van der Waals surface area contributed by atoms with Crippen molar-refractivity contribution in [1.82, 2.24) is 20.5 Å². The number of fused-ring (bicyclic) bond motifs is 1. The molecule has 3 N–H and O–H groups in total. The van der Waals surface area contributed by atoms with Crippen LogP contribution in [0.4, 0.5) is 22.4 Å². The summed E-state index contributed by atoms with van der Waals surface area (Å²) in [5.74, 6) is -3.33. The molecular formula is C21H16F4N4O3. The molecule has 3 aromatic rings. The van der Waals surface area contributed by atoms with Crippen LogP contribution in [0.3, 0.4) is 0 Å². The molecule has 2 aromatic carbocycles. The SMILES string of the molecule is O=C(N[C@]1(C(F)(F)F)NC(=O)N(CCc2c[nH]c3ccc(F)cc23)C1=O)c1ccccc1. The fraction of sp³-hybridized carbons (Fsp3) is 0.190. The minimum atomic E-state index is -5.30. The zero-order valence-corrected chi connectivity index (χ0v) is 16.3. The Hall–Kier alpha value is -3.89. The van der Waals surface area contributed by atoms with E-state index < -0.39 is 42.0 Å². The van der Waals surface area contributed by atoms with E-state index in [1.165, 1.54) is 48.7 Å². The minimum Gasteiger partial charge on any atom is -0.361 e. The van der Waals surface area contributed by atoms with E-state index in [-0.39, 0.29) is 12.0 Å². The van der Waals surface area contributed by atoms with Crippen molar-refractivity contribution in [2.75, 3.05) is 6.54 Å². The van der Waals surface area contributed by atoms with E-state index in [9.17, 15) is 31.9 Å². The van der Waals surface area contributed by atoms with Crippen LogP contribution >= 0.6 is 0 Å². The van der Waals surface area contributed by atoms with Crippen molar-refractivity contribution in [1.29, 1.82) is 0 Å². The van der Waals surface area contributed by atoms with Gasteiger partial charge in [-0.1, -0.05) is 18.2 Å². The smallest absolute Gasteiger partial charge is 0.361 e. The Bertz CT molecular complexity index is 1210. The Labute approximate surface area is 178 Å². The van der Waals surface area contributed by atoms with E-state index in [0.29, 0.717) is 21.4 Å². The number of benzene rings is 2. The summed E-state index contributed by atoms with van der Waals surface area (Å²) in [6.45, 7) is -0.410. The molecule has 166 valence electrons. The highest BCUT2D eigenvalue weighted by atomic mass is 19.4. The number of halogens is 4. The average molecular weight is 448 g/mol. The predicted octanol–water partition coefficient (Wildman–Crippen LogP) is 3.09. The van der Waals surface area contributed by atoms with Crippen LogP contribution < -0.4 is 10.6 Å². The Morgan fingerprint density at radius 1 is 1.09 bits per heavy atom. The lowest BCUT2D eigenvalue weighted by atomic mass is 10.1. The van der Waals surface area contributed by atoms with Crippen LogP contribution in [-0.4, -0.2) is 46.1 Å². The van der Waals surface area contributed by atoms with E-state index in [0.717, 1.165) is 0 Å². The summed E-state index contributed by atoms with van der Waals surface area (Å²) in [6, 6.07) is 9.68. The molecule has 32 heavy (non-hydrogen) atoms. The third-order valence-corrected chi connectivity index (χ3v) is 5.20. The quantitative estimate of drug-likeness (QED) is 0.414. The lowest BCUT2D eigenvalue weighted by Crippen LogP contribution is -2.69. The second-order valence-corrected chi connectivity index (χ2v) is 7.21. The van der Waals surface area contributed by atoms with Crippen molar-refractivity contribution in [3.05, 3.63) is 71.7 Å². The van der Waals surface area contributed by atoms with Crippen molar-refractivity contribution in [2.45, 2.75) is 18.3 Å². The summed E-state index contributed by atoms with van der Waals surface area (Å²) in [5.41, 5.74) is -2.60. The first-order valence-corrected chi connectivity index (χ1v) is 9.46. The highest BCUT2D eigenvalue weighted by molar-refractivity contribution is 6.10. The van der Waals surface area contributed by atoms with Gasteiger partial charge in [-0.3, -0.25) is 19.8 Å². The van der Waals surface area contributed by atoms with Crippen LogP contribution in [0.2, 0.25) is 0 Å². The molecule has 7 nitrogen and oxygen atoms in total. The van der Waals surface area contributed by atoms with E-state index in [2.05, 4.69) is 4.98 Å². The number of hydrogen-bond acceptors (Lipinski definition) is 3. The number of nitrogens with zero attached hydrogens (tertiary/aromatic N) is 1. The zero-order chi connectivity index (χ0) is 23.1. The van der Waals surface area contributed by atoms with Crippen molar-refractivity contribution in [2.24, 2.45) is 0 Å². The zero-order valence-electron chi connectivity index (χ0n) is 16.3. The Morgan fingerprint density at radius 2 is 1.81 bits per heavy atom. The Balaban J connectivity index is 1.58. The minimum absolute atomic E-state index is 0.0246. The molecule has 0 aliphatic carbocycles. The molecule has 1 fully saturated rings. The molecule has 0 spiro atoms. The number of alkyl halides is 3. The van der Waals surface area contributed by atoms with Gasteiger partial charge in [0.05, 0.1) is 0 Å². The number of carbonyl (C=O) groups is 3. The molecule has 1 aliphatic rings. The van der Waals surface area contributed by atoms with E-state index in [1.54, 1.807) is 16.7 Å². The third kappa shape index (κ3) is 3.55. The molecule has 1 aliphatic heterocycles. The molecule has 1 saturated heterocycles. The molecule has 0 saturated carbocycles.